The van der Waals surface area contributed by atoms with E-state index in [1.165, 1.54) is 16.2 Å². The summed E-state index contributed by atoms with van der Waals surface area (Å²) in [6, 6.07) is 5.30. The van der Waals surface area contributed by atoms with Gasteiger partial charge in [-0.05, 0) is 24.6 Å². The first-order chi connectivity index (χ1) is 15.6. The Bertz CT molecular complexity index is 1050. The highest BCUT2D eigenvalue weighted by Gasteiger charge is 2.32. The number of ether oxygens (including phenoxy) is 1. The van der Waals surface area contributed by atoms with Crippen molar-refractivity contribution in [1.82, 2.24) is 14.3 Å². The van der Waals surface area contributed by atoms with Gasteiger partial charge in [0.1, 0.15) is 15.8 Å². The van der Waals surface area contributed by atoms with E-state index in [0.717, 1.165) is 25.7 Å². The molecule has 1 saturated heterocycles. The molecule has 32 heavy (non-hydrogen) atoms. The van der Waals surface area contributed by atoms with Crippen LogP contribution < -0.4 is 10.9 Å². The Morgan fingerprint density at radius 1 is 1.25 bits per heavy atom. The molecule has 1 amide bonds. The molecule has 0 saturated carbocycles. The molecule has 0 aromatic carbocycles. The maximum absolute atomic E-state index is 13.2. The Hall–Kier alpha value is -2.27. The van der Waals surface area contributed by atoms with Crippen molar-refractivity contribution in [3.8, 4) is 0 Å². The summed E-state index contributed by atoms with van der Waals surface area (Å²) in [5.41, 5.74) is 0.516. The van der Waals surface area contributed by atoms with Crippen LogP contribution >= 0.6 is 24.0 Å². The smallest absolute Gasteiger partial charge is 0.267 e. The third-order valence-corrected chi connectivity index (χ3v) is 6.31. The van der Waals surface area contributed by atoms with E-state index in [2.05, 4.69) is 17.2 Å². The summed E-state index contributed by atoms with van der Waals surface area (Å²) in [4.78, 5) is 32.7. The summed E-state index contributed by atoms with van der Waals surface area (Å²) in [6.07, 6.45) is 7.43. The average Bonchev–Trinajstić information content (AvgIpc) is 3.06. The largest absolute Gasteiger partial charge is 0.394 e. The lowest BCUT2D eigenvalue weighted by atomic mass is 10.2. The van der Waals surface area contributed by atoms with Crippen molar-refractivity contribution >= 4 is 51.7 Å². The summed E-state index contributed by atoms with van der Waals surface area (Å²) in [6.45, 7) is 3.65. The SMILES string of the molecule is CCCCCCN1C(=O)/C(=C\c2c(NCCOCCO)nc3ccccn3c2=O)SC1=S. The summed E-state index contributed by atoms with van der Waals surface area (Å²) in [7, 11) is 0. The Morgan fingerprint density at radius 3 is 2.88 bits per heavy atom. The van der Waals surface area contributed by atoms with Crippen molar-refractivity contribution in [2.24, 2.45) is 0 Å². The van der Waals surface area contributed by atoms with Crippen LogP contribution in [0.25, 0.3) is 11.7 Å². The van der Waals surface area contributed by atoms with Crippen molar-refractivity contribution in [2.75, 3.05) is 38.2 Å². The number of amides is 1. The minimum absolute atomic E-state index is 0.0545. The van der Waals surface area contributed by atoms with Crippen LogP contribution in [-0.4, -0.2) is 62.5 Å². The molecule has 0 aliphatic carbocycles. The number of carbonyl (C=O) groups excluding carboxylic acids is 1. The number of thioether (sulfide) groups is 1. The number of nitrogens with one attached hydrogen (secondary N) is 1. The van der Waals surface area contributed by atoms with Crippen molar-refractivity contribution in [2.45, 2.75) is 32.6 Å². The van der Waals surface area contributed by atoms with Gasteiger partial charge >= 0.3 is 0 Å². The highest BCUT2D eigenvalue weighted by atomic mass is 32.2. The molecule has 10 heteroatoms. The zero-order chi connectivity index (χ0) is 22.9. The van der Waals surface area contributed by atoms with Gasteiger partial charge in [0.05, 0.1) is 30.3 Å². The van der Waals surface area contributed by atoms with Crippen LogP contribution in [-0.2, 0) is 9.53 Å². The van der Waals surface area contributed by atoms with Gasteiger partial charge in [-0.3, -0.25) is 18.9 Å². The fourth-order valence-electron chi connectivity index (χ4n) is 3.30. The van der Waals surface area contributed by atoms with Gasteiger partial charge in [0.15, 0.2) is 0 Å². The first-order valence-electron chi connectivity index (χ1n) is 10.8. The minimum Gasteiger partial charge on any atom is -0.394 e. The van der Waals surface area contributed by atoms with E-state index in [0.29, 0.717) is 46.0 Å². The molecule has 1 aliphatic rings. The number of hydrogen-bond acceptors (Lipinski definition) is 8. The predicted octanol–water partition coefficient (Wildman–Crippen LogP) is 2.90. The number of nitrogens with zero attached hydrogens (tertiary/aromatic N) is 3. The number of carbonyl (C=O) groups is 1. The molecule has 2 aromatic heterocycles. The van der Waals surface area contributed by atoms with Crippen LogP contribution in [0.15, 0.2) is 34.1 Å². The lowest BCUT2D eigenvalue weighted by molar-refractivity contribution is -0.122. The molecule has 3 rings (SSSR count). The van der Waals surface area contributed by atoms with Gasteiger partial charge in [-0.1, -0.05) is 56.2 Å². The van der Waals surface area contributed by atoms with E-state index in [1.54, 1.807) is 35.4 Å². The van der Waals surface area contributed by atoms with Crippen LogP contribution in [0, 0.1) is 0 Å². The number of hydrogen-bond donors (Lipinski definition) is 2. The number of thiocarbonyl (C=S) groups is 1. The van der Waals surface area contributed by atoms with Crippen LogP contribution in [0.4, 0.5) is 5.82 Å². The van der Waals surface area contributed by atoms with Crippen LogP contribution in [0.2, 0.25) is 0 Å². The van der Waals surface area contributed by atoms with E-state index < -0.39 is 0 Å². The molecule has 0 unspecified atom stereocenters. The van der Waals surface area contributed by atoms with E-state index >= 15 is 0 Å². The number of pyridine rings is 1. The second-order valence-corrected chi connectivity index (χ2v) is 8.94. The van der Waals surface area contributed by atoms with E-state index in [-0.39, 0.29) is 24.7 Å². The van der Waals surface area contributed by atoms with Crippen molar-refractivity contribution in [3.63, 3.8) is 0 Å². The minimum atomic E-state index is -0.275. The third-order valence-electron chi connectivity index (χ3n) is 4.93. The standard InChI is InChI=1S/C22H28N4O4S2/c1-2-3-4-6-11-26-21(29)17(32-22(26)31)15-16-19(23-9-13-30-14-12-27)24-18-8-5-7-10-25(18)20(16)28/h5,7-8,10,15,23,27H,2-4,6,9,11-14H2,1H3/b17-15+. The molecule has 0 atom stereocenters. The lowest BCUT2D eigenvalue weighted by Crippen LogP contribution is -2.29. The zero-order valence-corrected chi connectivity index (χ0v) is 19.7. The number of rotatable bonds is 12. The van der Waals surface area contributed by atoms with Gasteiger partial charge in [0.25, 0.3) is 11.5 Å². The second-order valence-electron chi connectivity index (χ2n) is 7.26. The maximum Gasteiger partial charge on any atom is 0.267 e. The maximum atomic E-state index is 13.2. The molecule has 2 N–H and O–H groups in total. The molecule has 1 aliphatic heterocycles. The molecule has 1 fully saturated rings. The summed E-state index contributed by atoms with van der Waals surface area (Å²) >= 11 is 6.63. The van der Waals surface area contributed by atoms with Gasteiger partial charge in [-0.25, -0.2) is 4.98 Å². The Labute approximate surface area is 196 Å². The number of aliphatic hydroxyl groups is 1. The van der Waals surface area contributed by atoms with E-state index in [1.807, 2.05) is 0 Å². The number of aliphatic hydroxyl groups excluding tert-OH is 1. The Kier molecular flexibility index (Phi) is 9.22. The Balaban J connectivity index is 1.87. The van der Waals surface area contributed by atoms with Crippen molar-refractivity contribution in [1.29, 1.82) is 0 Å². The quantitative estimate of drug-likeness (QED) is 0.274. The molecule has 2 aromatic rings. The zero-order valence-electron chi connectivity index (χ0n) is 18.1. The third kappa shape index (κ3) is 5.94. The number of anilines is 1. The predicted molar refractivity (Wildman–Crippen MR) is 132 cm³/mol. The first-order valence-corrected chi connectivity index (χ1v) is 12.0. The summed E-state index contributed by atoms with van der Waals surface area (Å²) in [5, 5.41) is 12.0. The second kappa shape index (κ2) is 12.1. The Morgan fingerprint density at radius 2 is 2.09 bits per heavy atom. The fraction of sp³-hybridized carbons (Fsp3) is 0.455. The van der Waals surface area contributed by atoms with Crippen LogP contribution in [0.3, 0.4) is 0 Å². The number of fused-ring (bicyclic) bond motifs is 1. The van der Waals surface area contributed by atoms with E-state index in [4.69, 9.17) is 22.1 Å². The van der Waals surface area contributed by atoms with E-state index in [9.17, 15) is 9.59 Å². The molecule has 3 heterocycles. The normalized spacial score (nSPS) is 15.3. The average molecular weight is 477 g/mol. The number of aromatic nitrogens is 2. The topological polar surface area (TPSA) is 96.2 Å². The molecule has 172 valence electrons. The first kappa shape index (κ1) is 24.4. The lowest BCUT2D eigenvalue weighted by Gasteiger charge is -2.14. The van der Waals surface area contributed by atoms with Gasteiger partial charge in [0, 0.05) is 19.3 Å². The molecule has 0 radical (unpaired) electrons. The molecule has 0 bridgehead atoms. The molecule has 8 nitrogen and oxygen atoms in total. The summed E-state index contributed by atoms with van der Waals surface area (Å²) in [5.74, 6) is 0.202. The highest BCUT2D eigenvalue weighted by Crippen LogP contribution is 2.33. The summed E-state index contributed by atoms with van der Waals surface area (Å²) < 4.78 is 7.24. The molecular weight excluding hydrogens is 448 g/mol. The highest BCUT2D eigenvalue weighted by molar-refractivity contribution is 8.26. The molecule has 0 spiro atoms. The number of unbranched alkanes of at least 4 members (excludes halogenated alkanes) is 3. The van der Waals surface area contributed by atoms with Gasteiger partial charge < -0.3 is 15.2 Å². The monoisotopic (exact) mass is 476 g/mol. The van der Waals surface area contributed by atoms with Crippen LogP contribution in [0.5, 0.6) is 0 Å². The van der Waals surface area contributed by atoms with Crippen molar-refractivity contribution < 1.29 is 14.6 Å². The fourth-order valence-corrected chi connectivity index (χ4v) is 4.59. The van der Waals surface area contributed by atoms with Gasteiger partial charge in [-0.2, -0.15) is 0 Å². The van der Waals surface area contributed by atoms with Crippen LogP contribution in [0.1, 0.15) is 38.2 Å². The van der Waals surface area contributed by atoms with Gasteiger partial charge in [-0.15, -0.1) is 0 Å². The molecular formula is C22H28N4O4S2. The van der Waals surface area contributed by atoms with Gasteiger partial charge in [0.2, 0.25) is 0 Å². The van der Waals surface area contributed by atoms with Crippen molar-refractivity contribution in [3.05, 3.63) is 45.2 Å².